The molecule has 3 rings (SSSR count). The maximum Gasteiger partial charge on any atom is 0.257 e. The normalized spacial score (nSPS) is 11.0. The highest BCUT2D eigenvalue weighted by Crippen LogP contribution is 2.25. The zero-order valence-electron chi connectivity index (χ0n) is 20.5. The molecule has 0 aliphatic carbocycles. The lowest BCUT2D eigenvalue weighted by molar-refractivity contribution is 0.0974. The number of ether oxygens (including phenoxy) is 1. The molecule has 0 bridgehead atoms. The first-order chi connectivity index (χ1) is 16.6. The maximum absolute atomic E-state index is 12.8. The van der Waals surface area contributed by atoms with E-state index in [1.165, 1.54) is 0 Å². The summed E-state index contributed by atoms with van der Waals surface area (Å²) in [6.45, 7) is 6.74. The number of carbonyl (C=O) groups is 2. The highest BCUT2D eigenvalue weighted by Gasteiger charge is 2.16. The SMILES string of the molecule is COc1cc(NC(=S)NC(=O)c2ccc(C(C)(C)C)cc2)ccc1CC(=O)c1cccc(CN)c1. The summed E-state index contributed by atoms with van der Waals surface area (Å²) in [5, 5.41) is 5.86. The summed E-state index contributed by atoms with van der Waals surface area (Å²) >= 11 is 5.32. The van der Waals surface area contributed by atoms with E-state index in [1.54, 1.807) is 37.4 Å². The Kier molecular flexibility index (Phi) is 8.38. The summed E-state index contributed by atoms with van der Waals surface area (Å²) in [6, 6.07) is 20.1. The fourth-order valence-electron chi connectivity index (χ4n) is 3.57. The molecule has 0 unspecified atom stereocenters. The maximum atomic E-state index is 12.8. The van der Waals surface area contributed by atoms with Gasteiger partial charge in [-0.25, -0.2) is 0 Å². The second-order valence-electron chi connectivity index (χ2n) is 9.27. The quantitative estimate of drug-likeness (QED) is 0.319. The van der Waals surface area contributed by atoms with E-state index < -0.39 is 0 Å². The molecule has 0 radical (unpaired) electrons. The van der Waals surface area contributed by atoms with Crippen molar-refractivity contribution in [2.45, 2.75) is 39.2 Å². The van der Waals surface area contributed by atoms with Gasteiger partial charge in [0.1, 0.15) is 5.75 Å². The first-order valence-corrected chi connectivity index (χ1v) is 11.7. The second-order valence-corrected chi connectivity index (χ2v) is 9.67. The van der Waals surface area contributed by atoms with Crippen molar-refractivity contribution in [1.29, 1.82) is 0 Å². The van der Waals surface area contributed by atoms with E-state index in [0.29, 0.717) is 29.1 Å². The van der Waals surface area contributed by atoms with Gasteiger partial charge in [0.2, 0.25) is 0 Å². The van der Waals surface area contributed by atoms with Crippen molar-refractivity contribution in [3.05, 3.63) is 94.5 Å². The molecule has 0 aliphatic rings. The lowest BCUT2D eigenvalue weighted by atomic mass is 9.87. The Morgan fingerprint density at radius 2 is 1.69 bits per heavy atom. The van der Waals surface area contributed by atoms with Gasteiger partial charge < -0.3 is 15.8 Å². The Morgan fingerprint density at radius 1 is 0.971 bits per heavy atom. The van der Waals surface area contributed by atoms with E-state index in [-0.39, 0.29) is 28.6 Å². The van der Waals surface area contributed by atoms with Gasteiger partial charge in [-0.3, -0.25) is 14.9 Å². The molecule has 7 heteroatoms. The Morgan fingerprint density at radius 3 is 2.31 bits per heavy atom. The molecule has 0 heterocycles. The molecule has 0 aromatic heterocycles. The smallest absolute Gasteiger partial charge is 0.257 e. The van der Waals surface area contributed by atoms with E-state index in [0.717, 1.165) is 16.7 Å². The van der Waals surface area contributed by atoms with Crippen molar-refractivity contribution >= 4 is 34.7 Å². The lowest BCUT2D eigenvalue weighted by Gasteiger charge is -2.19. The van der Waals surface area contributed by atoms with Gasteiger partial charge in [-0.1, -0.05) is 57.2 Å². The average molecular weight is 490 g/mol. The van der Waals surface area contributed by atoms with Crippen LogP contribution in [0.3, 0.4) is 0 Å². The van der Waals surface area contributed by atoms with Crippen molar-refractivity contribution in [2.75, 3.05) is 12.4 Å². The lowest BCUT2D eigenvalue weighted by Crippen LogP contribution is -2.34. The zero-order chi connectivity index (χ0) is 25.6. The standard InChI is InChI=1S/C28H31N3O3S/c1-28(2,3)22-11-8-19(9-12-22)26(33)31-27(35)30-23-13-10-21(25(16-23)34-4)15-24(32)20-7-5-6-18(14-20)17-29/h5-14,16H,15,17,29H2,1-4H3,(H2,30,31,33,35). The van der Waals surface area contributed by atoms with Crippen LogP contribution in [0.1, 0.15) is 58.2 Å². The van der Waals surface area contributed by atoms with Crippen molar-refractivity contribution in [2.24, 2.45) is 5.73 Å². The molecule has 0 saturated heterocycles. The first kappa shape index (κ1) is 26.1. The Balaban J connectivity index is 1.64. The zero-order valence-corrected chi connectivity index (χ0v) is 21.3. The first-order valence-electron chi connectivity index (χ1n) is 11.3. The van der Waals surface area contributed by atoms with Crippen LogP contribution in [-0.4, -0.2) is 23.9 Å². The van der Waals surface area contributed by atoms with Gasteiger partial charge in [-0.2, -0.15) is 0 Å². The number of hydrogen-bond donors (Lipinski definition) is 3. The average Bonchev–Trinajstić information content (AvgIpc) is 2.84. The highest BCUT2D eigenvalue weighted by atomic mass is 32.1. The number of nitrogens with one attached hydrogen (secondary N) is 2. The van der Waals surface area contributed by atoms with Crippen LogP contribution in [0, 0.1) is 0 Å². The Hall–Kier alpha value is -3.55. The Bertz CT molecular complexity index is 1230. The number of Topliss-reactive ketones (excluding diaryl/α,β-unsaturated/α-hetero) is 1. The van der Waals surface area contributed by atoms with Crippen molar-refractivity contribution in [3.8, 4) is 5.75 Å². The predicted octanol–water partition coefficient (Wildman–Crippen LogP) is 5.00. The van der Waals surface area contributed by atoms with Crippen LogP contribution in [0.4, 0.5) is 5.69 Å². The molecular weight excluding hydrogens is 458 g/mol. The van der Waals surface area contributed by atoms with Crippen LogP contribution < -0.4 is 21.1 Å². The van der Waals surface area contributed by atoms with Crippen LogP contribution in [0.5, 0.6) is 5.75 Å². The van der Waals surface area contributed by atoms with Gasteiger partial charge in [0.15, 0.2) is 10.9 Å². The monoisotopic (exact) mass is 489 g/mol. The van der Waals surface area contributed by atoms with Gasteiger partial charge in [0.05, 0.1) is 7.11 Å². The topological polar surface area (TPSA) is 93.5 Å². The van der Waals surface area contributed by atoms with Crippen LogP contribution in [0.25, 0.3) is 0 Å². The summed E-state index contributed by atoms with van der Waals surface area (Å²) in [4.78, 5) is 25.3. The summed E-state index contributed by atoms with van der Waals surface area (Å²) in [5.41, 5.74) is 10.3. The van der Waals surface area contributed by atoms with Gasteiger partial charge >= 0.3 is 0 Å². The van der Waals surface area contributed by atoms with Gasteiger partial charge in [0.25, 0.3) is 5.91 Å². The number of ketones is 1. The number of amides is 1. The predicted molar refractivity (Wildman–Crippen MR) is 144 cm³/mol. The van der Waals surface area contributed by atoms with Gasteiger partial charge in [-0.05, 0) is 53.0 Å². The molecule has 0 fully saturated rings. The van der Waals surface area contributed by atoms with E-state index in [2.05, 4.69) is 31.4 Å². The molecule has 3 aromatic carbocycles. The molecule has 0 spiro atoms. The number of carbonyl (C=O) groups excluding carboxylic acids is 2. The Labute approximate surface area is 211 Å². The number of thiocarbonyl (C=S) groups is 1. The highest BCUT2D eigenvalue weighted by molar-refractivity contribution is 7.80. The van der Waals surface area contributed by atoms with E-state index in [4.69, 9.17) is 22.7 Å². The molecule has 4 N–H and O–H groups in total. The molecule has 0 aliphatic heterocycles. The minimum atomic E-state index is -0.295. The van der Waals surface area contributed by atoms with E-state index in [9.17, 15) is 9.59 Å². The number of nitrogens with two attached hydrogens (primary N) is 1. The minimum absolute atomic E-state index is 0.0101. The van der Waals surface area contributed by atoms with Crippen molar-refractivity contribution in [3.63, 3.8) is 0 Å². The molecular formula is C28H31N3O3S. The minimum Gasteiger partial charge on any atom is -0.496 e. The van der Waals surface area contributed by atoms with Crippen molar-refractivity contribution in [1.82, 2.24) is 5.32 Å². The molecule has 1 amide bonds. The summed E-state index contributed by atoms with van der Waals surface area (Å²) in [6.07, 6.45) is 0.184. The van der Waals surface area contributed by atoms with Gasteiger partial charge in [-0.15, -0.1) is 0 Å². The third-order valence-corrected chi connectivity index (χ3v) is 5.82. The molecule has 182 valence electrons. The number of benzene rings is 3. The van der Waals surface area contributed by atoms with E-state index in [1.807, 2.05) is 36.4 Å². The van der Waals surface area contributed by atoms with Crippen LogP contribution in [-0.2, 0) is 18.4 Å². The van der Waals surface area contributed by atoms with Crippen LogP contribution in [0.2, 0.25) is 0 Å². The fraction of sp³-hybridized carbons (Fsp3) is 0.250. The van der Waals surface area contributed by atoms with Crippen molar-refractivity contribution < 1.29 is 14.3 Å². The number of rotatable bonds is 7. The van der Waals surface area contributed by atoms with Crippen LogP contribution in [0.15, 0.2) is 66.7 Å². The second kappa shape index (κ2) is 11.3. The molecule has 6 nitrogen and oxygen atoms in total. The van der Waals surface area contributed by atoms with Crippen LogP contribution >= 0.6 is 12.2 Å². The summed E-state index contributed by atoms with van der Waals surface area (Å²) in [5.74, 6) is 0.224. The summed E-state index contributed by atoms with van der Waals surface area (Å²) < 4.78 is 5.50. The summed E-state index contributed by atoms with van der Waals surface area (Å²) in [7, 11) is 1.55. The number of anilines is 1. The molecule has 0 saturated carbocycles. The molecule has 3 aromatic rings. The third kappa shape index (κ3) is 6.97. The van der Waals surface area contributed by atoms with E-state index >= 15 is 0 Å². The third-order valence-electron chi connectivity index (χ3n) is 5.62. The largest absolute Gasteiger partial charge is 0.496 e. The molecule has 0 atom stereocenters. The fourth-order valence-corrected chi connectivity index (χ4v) is 3.78. The number of hydrogen-bond acceptors (Lipinski definition) is 5. The van der Waals surface area contributed by atoms with Gasteiger partial charge in [0, 0.05) is 41.4 Å². The molecule has 35 heavy (non-hydrogen) atoms. The number of methoxy groups -OCH3 is 1.